The van der Waals surface area contributed by atoms with Crippen LogP contribution in [0, 0.1) is 17.0 Å². The van der Waals surface area contributed by atoms with Crippen LogP contribution < -0.4 is 0 Å². The summed E-state index contributed by atoms with van der Waals surface area (Å²) in [5.41, 5.74) is -0.603. The van der Waals surface area contributed by atoms with Gasteiger partial charge in [-0.15, -0.1) is 0 Å². The lowest BCUT2D eigenvalue weighted by Gasteiger charge is -2.00. The Labute approximate surface area is 80.1 Å². The maximum atomic E-state index is 10.7. The predicted octanol–water partition coefficient (Wildman–Crippen LogP) is 1.02. The summed E-state index contributed by atoms with van der Waals surface area (Å²) in [5.74, 6) is 0. The van der Waals surface area contributed by atoms with Gasteiger partial charge in [-0.3, -0.25) is 10.1 Å². The molecule has 6 nitrogen and oxygen atoms in total. The van der Waals surface area contributed by atoms with Crippen LogP contribution in [0.3, 0.4) is 0 Å². The number of hydrogen-bond acceptors (Lipinski definition) is 4. The summed E-state index contributed by atoms with van der Waals surface area (Å²) in [6, 6.07) is 3.64. The van der Waals surface area contributed by atoms with E-state index in [9.17, 15) is 23.1 Å². The van der Waals surface area contributed by atoms with Crippen molar-refractivity contribution in [1.29, 1.82) is 0 Å². The molecular formula is C7H6NO5S. The zero-order valence-corrected chi connectivity index (χ0v) is 7.95. The van der Waals surface area contributed by atoms with Crippen molar-refractivity contribution in [3.8, 4) is 0 Å². The molecule has 0 aliphatic carbocycles. The second-order valence-electron chi connectivity index (χ2n) is 2.63. The van der Waals surface area contributed by atoms with Gasteiger partial charge in [-0.2, -0.15) is 8.42 Å². The number of nitro benzene ring substituents is 1. The molecule has 1 radical (unpaired) electrons. The van der Waals surface area contributed by atoms with Crippen LogP contribution in [0.4, 0.5) is 5.69 Å². The van der Waals surface area contributed by atoms with Crippen molar-refractivity contribution in [2.75, 3.05) is 0 Å². The van der Waals surface area contributed by atoms with Gasteiger partial charge in [0.05, 0.1) is 4.92 Å². The van der Waals surface area contributed by atoms with Crippen molar-refractivity contribution in [2.24, 2.45) is 0 Å². The first kappa shape index (κ1) is 10.6. The summed E-state index contributed by atoms with van der Waals surface area (Å²) in [6.07, 6.45) is 0. The molecule has 1 rings (SSSR count). The maximum Gasteiger partial charge on any atom is 0.331 e. The van der Waals surface area contributed by atoms with Crippen molar-refractivity contribution in [1.82, 2.24) is 0 Å². The second kappa shape index (κ2) is 3.35. The standard InChI is InChI=1S/C7H6NO5S/c1-5-3-2-4-6(8(9)10)7(5)14(11,12)13/h2-4H,1H3. The first-order valence-electron chi connectivity index (χ1n) is 3.54. The summed E-state index contributed by atoms with van der Waals surface area (Å²) < 4.78 is 32.2. The summed E-state index contributed by atoms with van der Waals surface area (Å²) in [5, 5.41) is 10.4. The van der Waals surface area contributed by atoms with E-state index in [1.807, 2.05) is 0 Å². The predicted molar refractivity (Wildman–Crippen MR) is 45.7 cm³/mol. The lowest BCUT2D eigenvalue weighted by atomic mass is 10.2. The Morgan fingerprint density at radius 2 is 1.93 bits per heavy atom. The molecule has 1 aromatic carbocycles. The minimum Gasteiger partial charge on any atom is -0.258 e. The Bertz CT molecular complexity index is 479. The van der Waals surface area contributed by atoms with Gasteiger partial charge in [-0.05, 0) is 12.5 Å². The zero-order valence-electron chi connectivity index (χ0n) is 7.13. The monoisotopic (exact) mass is 216 g/mol. The van der Waals surface area contributed by atoms with E-state index < -0.39 is 25.6 Å². The number of hydrogen-bond donors (Lipinski definition) is 0. The van der Waals surface area contributed by atoms with Crippen LogP contribution in [0.15, 0.2) is 23.1 Å². The van der Waals surface area contributed by atoms with Gasteiger partial charge < -0.3 is 0 Å². The molecule has 0 aliphatic heterocycles. The second-order valence-corrected chi connectivity index (χ2v) is 3.95. The van der Waals surface area contributed by atoms with Crippen LogP contribution in [0.5, 0.6) is 0 Å². The van der Waals surface area contributed by atoms with E-state index in [1.54, 1.807) is 0 Å². The van der Waals surface area contributed by atoms with Gasteiger partial charge in [0.15, 0.2) is 4.90 Å². The highest BCUT2D eigenvalue weighted by molar-refractivity contribution is 7.85. The van der Waals surface area contributed by atoms with Crippen LogP contribution in [0.2, 0.25) is 0 Å². The quantitative estimate of drug-likeness (QED) is 0.544. The normalized spacial score (nSPS) is 11.3. The Kier molecular flexibility index (Phi) is 2.54. The average molecular weight is 216 g/mol. The molecule has 0 spiro atoms. The topological polar surface area (TPSA) is 97.2 Å². The van der Waals surface area contributed by atoms with Gasteiger partial charge in [0, 0.05) is 6.07 Å². The molecule has 0 heterocycles. The third kappa shape index (κ3) is 1.88. The molecule has 14 heavy (non-hydrogen) atoms. The van der Waals surface area contributed by atoms with E-state index in [-0.39, 0.29) is 5.56 Å². The molecule has 0 aromatic heterocycles. The van der Waals surface area contributed by atoms with Crippen molar-refractivity contribution in [3.63, 3.8) is 0 Å². The molecule has 7 heteroatoms. The molecule has 1 aromatic rings. The lowest BCUT2D eigenvalue weighted by Crippen LogP contribution is -2.04. The highest BCUT2D eigenvalue weighted by Gasteiger charge is 2.26. The van der Waals surface area contributed by atoms with Gasteiger partial charge in [0.1, 0.15) is 0 Å². The Hall–Kier alpha value is -1.47. The van der Waals surface area contributed by atoms with E-state index in [1.165, 1.54) is 19.1 Å². The van der Waals surface area contributed by atoms with Crippen LogP contribution in [0.1, 0.15) is 5.56 Å². The molecule has 0 fully saturated rings. The summed E-state index contributed by atoms with van der Waals surface area (Å²) in [4.78, 5) is 8.77. The van der Waals surface area contributed by atoms with Gasteiger partial charge in [0.2, 0.25) is 0 Å². The Balaban J connectivity index is 3.62. The SMILES string of the molecule is Cc1cccc([N+](=O)[O-])c1S([O])(=O)=O. The minimum absolute atomic E-state index is 0.0780. The molecular weight excluding hydrogens is 210 g/mol. The van der Waals surface area contributed by atoms with Gasteiger partial charge in [-0.25, -0.2) is 0 Å². The largest absolute Gasteiger partial charge is 0.331 e. The molecule has 0 saturated heterocycles. The first-order chi connectivity index (χ1) is 6.34. The molecule has 0 atom stereocenters. The Morgan fingerprint density at radius 3 is 2.29 bits per heavy atom. The van der Waals surface area contributed by atoms with E-state index >= 15 is 0 Å². The van der Waals surface area contributed by atoms with Crippen molar-refractivity contribution in [3.05, 3.63) is 33.9 Å². The summed E-state index contributed by atoms with van der Waals surface area (Å²) >= 11 is 0. The highest BCUT2D eigenvalue weighted by Crippen LogP contribution is 2.26. The number of aryl methyl sites for hydroxylation is 1. The summed E-state index contributed by atoms with van der Waals surface area (Å²) in [7, 11) is -4.80. The third-order valence-electron chi connectivity index (χ3n) is 1.64. The van der Waals surface area contributed by atoms with Gasteiger partial charge in [0.25, 0.3) is 5.69 Å². The van der Waals surface area contributed by atoms with E-state index in [0.717, 1.165) is 6.07 Å². The third-order valence-corrected chi connectivity index (χ3v) is 2.67. The van der Waals surface area contributed by atoms with Gasteiger partial charge in [-0.1, -0.05) is 16.7 Å². The van der Waals surface area contributed by atoms with E-state index in [0.29, 0.717) is 0 Å². The van der Waals surface area contributed by atoms with Crippen molar-refractivity contribution < 1.29 is 17.9 Å². The number of rotatable bonds is 2. The number of nitro groups is 1. The molecule has 0 bridgehead atoms. The number of benzene rings is 1. The smallest absolute Gasteiger partial charge is 0.258 e. The minimum atomic E-state index is -4.80. The van der Waals surface area contributed by atoms with Crippen LogP contribution >= 0.6 is 0 Å². The maximum absolute atomic E-state index is 10.7. The average Bonchev–Trinajstić information content (AvgIpc) is 2.01. The molecule has 0 N–H and O–H groups in total. The van der Waals surface area contributed by atoms with E-state index in [4.69, 9.17) is 0 Å². The van der Waals surface area contributed by atoms with Crippen molar-refractivity contribution >= 4 is 15.8 Å². The molecule has 0 amide bonds. The fourth-order valence-electron chi connectivity index (χ4n) is 1.11. The van der Waals surface area contributed by atoms with Crippen LogP contribution in [0.25, 0.3) is 0 Å². The lowest BCUT2D eigenvalue weighted by molar-refractivity contribution is -0.388. The highest BCUT2D eigenvalue weighted by atomic mass is 32.2. The Morgan fingerprint density at radius 1 is 1.36 bits per heavy atom. The molecule has 0 unspecified atom stereocenters. The van der Waals surface area contributed by atoms with Gasteiger partial charge >= 0.3 is 10.1 Å². The molecule has 0 saturated carbocycles. The van der Waals surface area contributed by atoms with Crippen LogP contribution in [-0.4, -0.2) is 13.3 Å². The summed E-state index contributed by atoms with van der Waals surface area (Å²) in [6.45, 7) is 1.33. The number of nitrogens with zero attached hydrogens (tertiary/aromatic N) is 1. The van der Waals surface area contributed by atoms with E-state index in [2.05, 4.69) is 0 Å². The molecule has 75 valence electrons. The fourth-order valence-corrected chi connectivity index (χ4v) is 1.97. The zero-order chi connectivity index (χ0) is 10.9. The van der Waals surface area contributed by atoms with Crippen molar-refractivity contribution in [2.45, 2.75) is 11.8 Å². The fraction of sp³-hybridized carbons (Fsp3) is 0.143. The van der Waals surface area contributed by atoms with Crippen LogP contribution in [-0.2, 0) is 14.7 Å². The first-order valence-corrected chi connectivity index (χ1v) is 4.95. The molecule has 0 aliphatic rings.